The molecule has 0 saturated heterocycles. The minimum Gasteiger partial charge on any atom is -0.347 e. The van der Waals surface area contributed by atoms with Crippen LogP contribution in [0.4, 0.5) is 0 Å². The molecular formula is C25H28N4O2. The standard InChI is InChI=1S/C25H28N4O2/c1-18(26)24(30)29-23(16-19-10-4-2-5-11-19)25(31)28-22(20-12-6-3-7-13-20)17-21-14-8-9-15-27-21/h2-15,18,22-23H,16-17,26H2,1H3,(H,28,31)(H,29,30). The van der Waals surface area contributed by atoms with Crippen LogP contribution in [0.1, 0.15) is 29.8 Å². The van der Waals surface area contributed by atoms with Gasteiger partial charge >= 0.3 is 0 Å². The van der Waals surface area contributed by atoms with E-state index in [-0.39, 0.29) is 17.9 Å². The fourth-order valence-electron chi connectivity index (χ4n) is 3.30. The maximum absolute atomic E-state index is 13.3. The van der Waals surface area contributed by atoms with Gasteiger partial charge in [0, 0.05) is 24.7 Å². The van der Waals surface area contributed by atoms with Crippen molar-refractivity contribution in [3.05, 3.63) is 102 Å². The van der Waals surface area contributed by atoms with Gasteiger partial charge in [-0.1, -0.05) is 66.7 Å². The molecule has 0 radical (unpaired) electrons. The molecule has 3 atom stereocenters. The van der Waals surface area contributed by atoms with E-state index < -0.39 is 12.1 Å². The van der Waals surface area contributed by atoms with Crippen LogP contribution in [0.15, 0.2) is 85.1 Å². The number of rotatable bonds is 9. The number of amides is 2. The summed E-state index contributed by atoms with van der Waals surface area (Å²) >= 11 is 0. The van der Waals surface area contributed by atoms with Crippen LogP contribution in [-0.4, -0.2) is 28.9 Å². The molecule has 0 aliphatic carbocycles. The Labute approximate surface area is 182 Å². The zero-order chi connectivity index (χ0) is 22.1. The van der Waals surface area contributed by atoms with Gasteiger partial charge in [0.15, 0.2) is 0 Å². The Morgan fingerprint density at radius 1 is 0.839 bits per heavy atom. The second kappa shape index (κ2) is 11.0. The first-order chi connectivity index (χ1) is 15.0. The van der Waals surface area contributed by atoms with E-state index in [0.717, 1.165) is 16.8 Å². The van der Waals surface area contributed by atoms with Gasteiger partial charge in [-0.25, -0.2) is 0 Å². The van der Waals surface area contributed by atoms with Gasteiger partial charge in [-0.15, -0.1) is 0 Å². The lowest BCUT2D eigenvalue weighted by atomic mass is 9.99. The third kappa shape index (κ3) is 6.76. The first-order valence-corrected chi connectivity index (χ1v) is 10.4. The topological polar surface area (TPSA) is 97.1 Å². The second-order valence-corrected chi connectivity index (χ2v) is 7.54. The molecule has 0 saturated carbocycles. The maximum atomic E-state index is 13.3. The van der Waals surface area contributed by atoms with Gasteiger partial charge in [0.1, 0.15) is 6.04 Å². The molecule has 3 aromatic rings. The summed E-state index contributed by atoms with van der Waals surface area (Å²) in [5.41, 5.74) is 8.51. The van der Waals surface area contributed by atoms with Crippen LogP contribution in [0.5, 0.6) is 0 Å². The first-order valence-electron chi connectivity index (χ1n) is 10.4. The Morgan fingerprint density at radius 2 is 1.48 bits per heavy atom. The van der Waals surface area contributed by atoms with Crippen molar-refractivity contribution >= 4 is 11.8 Å². The summed E-state index contributed by atoms with van der Waals surface area (Å²) in [5.74, 6) is -0.625. The van der Waals surface area contributed by atoms with Crippen molar-refractivity contribution in [1.82, 2.24) is 15.6 Å². The summed E-state index contributed by atoms with van der Waals surface area (Å²) in [4.78, 5) is 30.0. The molecule has 0 fully saturated rings. The monoisotopic (exact) mass is 416 g/mol. The smallest absolute Gasteiger partial charge is 0.243 e. The third-order valence-corrected chi connectivity index (χ3v) is 4.99. The van der Waals surface area contributed by atoms with E-state index in [2.05, 4.69) is 15.6 Å². The summed E-state index contributed by atoms with van der Waals surface area (Å²) in [6.07, 6.45) is 2.65. The maximum Gasteiger partial charge on any atom is 0.243 e. The van der Waals surface area contributed by atoms with E-state index in [1.807, 2.05) is 78.9 Å². The molecule has 0 bridgehead atoms. The summed E-state index contributed by atoms with van der Waals surface area (Å²) in [5, 5.41) is 5.91. The van der Waals surface area contributed by atoms with Gasteiger partial charge in [0.05, 0.1) is 12.1 Å². The number of aromatic nitrogens is 1. The molecule has 3 rings (SSSR count). The molecule has 1 heterocycles. The number of nitrogens with two attached hydrogens (primary N) is 1. The zero-order valence-electron chi connectivity index (χ0n) is 17.6. The molecule has 0 aliphatic heterocycles. The third-order valence-electron chi connectivity index (χ3n) is 4.99. The predicted octanol–water partition coefficient (Wildman–Crippen LogP) is 2.56. The fraction of sp³-hybridized carbons (Fsp3) is 0.240. The highest BCUT2D eigenvalue weighted by Gasteiger charge is 2.25. The highest BCUT2D eigenvalue weighted by Crippen LogP contribution is 2.18. The number of nitrogens with zero attached hydrogens (tertiary/aromatic N) is 1. The molecule has 2 amide bonds. The van der Waals surface area contributed by atoms with Crippen molar-refractivity contribution in [2.75, 3.05) is 0 Å². The van der Waals surface area contributed by atoms with Gasteiger partial charge in [0.2, 0.25) is 11.8 Å². The van der Waals surface area contributed by atoms with Crippen molar-refractivity contribution in [2.45, 2.75) is 37.9 Å². The quantitative estimate of drug-likeness (QED) is 0.499. The number of hydrogen-bond acceptors (Lipinski definition) is 4. The number of nitrogens with one attached hydrogen (secondary N) is 2. The lowest BCUT2D eigenvalue weighted by Crippen LogP contribution is -2.52. The van der Waals surface area contributed by atoms with E-state index in [1.54, 1.807) is 13.1 Å². The minimum absolute atomic E-state index is 0.261. The van der Waals surface area contributed by atoms with Gasteiger partial charge in [-0.2, -0.15) is 0 Å². The van der Waals surface area contributed by atoms with Gasteiger partial charge in [-0.05, 0) is 30.2 Å². The average Bonchev–Trinajstić information content (AvgIpc) is 2.80. The molecule has 0 spiro atoms. The summed E-state index contributed by atoms with van der Waals surface area (Å²) in [6.45, 7) is 1.60. The number of pyridine rings is 1. The fourth-order valence-corrected chi connectivity index (χ4v) is 3.30. The molecule has 4 N–H and O–H groups in total. The molecule has 31 heavy (non-hydrogen) atoms. The largest absolute Gasteiger partial charge is 0.347 e. The predicted molar refractivity (Wildman–Crippen MR) is 121 cm³/mol. The minimum atomic E-state index is -0.740. The lowest BCUT2D eigenvalue weighted by Gasteiger charge is -2.24. The molecule has 3 unspecified atom stereocenters. The van der Waals surface area contributed by atoms with E-state index >= 15 is 0 Å². The highest BCUT2D eigenvalue weighted by atomic mass is 16.2. The molecular weight excluding hydrogens is 388 g/mol. The van der Waals surface area contributed by atoms with Crippen molar-refractivity contribution in [2.24, 2.45) is 5.73 Å². The molecule has 0 aliphatic rings. The van der Waals surface area contributed by atoms with Crippen molar-refractivity contribution < 1.29 is 9.59 Å². The molecule has 160 valence electrons. The Balaban J connectivity index is 1.81. The van der Waals surface area contributed by atoms with Crippen molar-refractivity contribution in [1.29, 1.82) is 0 Å². The highest BCUT2D eigenvalue weighted by molar-refractivity contribution is 5.89. The van der Waals surface area contributed by atoms with E-state index in [9.17, 15) is 9.59 Å². The Bertz CT molecular complexity index is 963. The van der Waals surface area contributed by atoms with E-state index in [1.165, 1.54) is 0 Å². The van der Waals surface area contributed by atoms with E-state index in [4.69, 9.17) is 5.73 Å². The van der Waals surface area contributed by atoms with Crippen LogP contribution in [0.25, 0.3) is 0 Å². The van der Waals surface area contributed by atoms with Gasteiger partial charge < -0.3 is 16.4 Å². The summed E-state index contributed by atoms with van der Waals surface area (Å²) < 4.78 is 0. The second-order valence-electron chi connectivity index (χ2n) is 7.54. The van der Waals surface area contributed by atoms with Crippen LogP contribution < -0.4 is 16.4 Å². The first kappa shape index (κ1) is 22.2. The SMILES string of the molecule is CC(N)C(=O)NC(Cc1ccccc1)C(=O)NC(Cc1ccccn1)c1ccccc1. The Hall–Kier alpha value is -3.51. The number of carbonyl (C=O) groups excluding carboxylic acids is 2. The van der Waals surface area contributed by atoms with Crippen LogP contribution in [0.2, 0.25) is 0 Å². The summed E-state index contributed by atoms with van der Waals surface area (Å²) in [6, 6.07) is 23.3. The molecule has 6 heteroatoms. The van der Waals surface area contributed by atoms with E-state index in [0.29, 0.717) is 12.8 Å². The van der Waals surface area contributed by atoms with Crippen LogP contribution in [0, 0.1) is 0 Å². The number of carbonyl (C=O) groups is 2. The Morgan fingerprint density at radius 3 is 2.10 bits per heavy atom. The van der Waals surface area contributed by atoms with Crippen LogP contribution in [-0.2, 0) is 22.4 Å². The zero-order valence-corrected chi connectivity index (χ0v) is 17.6. The van der Waals surface area contributed by atoms with Gasteiger partial charge in [-0.3, -0.25) is 14.6 Å². The normalized spacial score (nSPS) is 13.6. The number of hydrogen-bond donors (Lipinski definition) is 3. The Kier molecular flexibility index (Phi) is 7.90. The molecule has 1 aromatic heterocycles. The van der Waals surface area contributed by atoms with Crippen LogP contribution in [0.3, 0.4) is 0 Å². The lowest BCUT2D eigenvalue weighted by molar-refractivity contribution is -0.129. The molecule has 6 nitrogen and oxygen atoms in total. The summed E-state index contributed by atoms with van der Waals surface area (Å²) in [7, 11) is 0. The van der Waals surface area contributed by atoms with Crippen molar-refractivity contribution in [3.63, 3.8) is 0 Å². The average molecular weight is 417 g/mol. The van der Waals surface area contributed by atoms with Crippen molar-refractivity contribution in [3.8, 4) is 0 Å². The van der Waals surface area contributed by atoms with Gasteiger partial charge in [0.25, 0.3) is 0 Å². The number of benzene rings is 2. The van der Waals surface area contributed by atoms with Crippen LogP contribution >= 0.6 is 0 Å². The molecule has 2 aromatic carbocycles.